The Bertz CT molecular complexity index is 1720. The minimum Gasteiger partial charge on any atom is -0.376 e. The Hall–Kier alpha value is -4.23. The average Bonchev–Trinajstić information content (AvgIpc) is 3.61. The van der Waals surface area contributed by atoms with E-state index in [9.17, 15) is 4.79 Å². The van der Waals surface area contributed by atoms with Gasteiger partial charge in [0.2, 0.25) is 0 Å². The summed E-state index contributed by atoms with van der Waals surface area (Å²) < 4.78 is 0. The topological polar surface area (TPSA) is 77.7 Å². The predicted octanol–water partition coefficient (Wildman–Crippen LogP) is 6.77. The van der Waals surface area contributed by atoms with Crippen LogP contribution in [0.3, 0.4) is 0 Å². The quantitative estimate of drug-likeness (QED) is 0.269. The first kappa shape index (κ1) is 21.3. The number of anilines is 1. The van der Waals surface area contributed by atoms with Crippen molar-refractivity contribution in [3.8, 4) is 33.0 Å². The Morgan fingerprint density at radius 1 is 0.914 bits per heavy atom. The third-order valence-electron chi connectivity index (χ3n) is 6.27. The third kappa shape index (κ3) is 3.70. The van der Waals surface area contributed by atoms with Crippen LogP contribution >= 0.6 is 11.3 Å². The smallest absolute Gasteiger partial charge is 0.169 e. The molecule has 2 aromatic carbocycles. The van der Waals surface area contributed by atoms with Crippen LogP contribution in [0.15, 0.2) is 73.1 Å². The molecule has 0 aliphatic rings. The molecule has 0 fully saturated rings. The van der Waals surface area contributed by atoms with Crippen LogP contribution in [0.1, 0.15) is 16.6 Å². The van der Waals surface area contributed by atoms with Gasteiger partial charge in [-0.15, -0.1) is 11.3 Å². The number of hydrogen-bond donors (Lipinski definition) is 2. The van der Waals surface area contributed by atoms with Crippen LogP contribution in [0, 0.1) is 0 Å². The molecule has 0 saturated heterocycles. The zero-order valence-electron chi connectivity index (χ0n) is 19.6. The minimum atomic E-state index is 0.0910. The first-order valence-corrected chi connectivity index (χ1v) is 12.1. The molecule has 0 aliphatic heterocycles. The zero-order valence-corrected chi connectivity index (χ0v) is 20.4. The molecular formula is C28H23N5OS. The summed E-state index contributed by atoms with van der Waals surface area (Å²) in [7, 11) is 4.03. The van der Waals surface area contributed by atoms with Crippen molar-refractivity contribution >= 4 is 44.6 Å². The van der Waals surface area contributed by atoms with E-state index in [1.165, 1.54) is 11.3 Å². The number of aromatic nitrogens is 4. The number of benzene rings is 2. The Morgan fingerprint density at radius 3 is 2.60 bits per heavy atom. The molecule has 0 atom stereocenters. The summed E-state index contributed by atoms with van der Waals surface area (Å²) in [6, 6.07) is 20.7. The first-order valence-electron chi connectivity index (χ1n) is 11.3. The number of nitrogens with one attached hydrogen (secondary N) is 2. The SMILES string of the molecule is CC(=O)c1ccc(-c2cccc3[nH]c(-c4n[nH]c5ccc(-c6cncc(N(C)C)c6)cc45)cc23)s1. The molecule has 2 N–H and O–H groups in total. The van der Waals surface area contributed by atoms with Gasteiger partial charge < -0.3 is 9.88 Å². The van der Waals surface area contributed by atoms with Gasteiger partial charge in [-0.05, 0) is 55.0 Å². The Balaban J connectivity index is 1.46. The van der Waals surface area contributed by atoms with Gasteiger partial charge in [0.1, 0.15) is 5.69 Å². The van der Waals surface area contributed by atoms with Crippen molar-refractivity contribution in [3.63, 3.8) is 0 Å². The molecule has 4 heterocycles. The molecule has 0 bridgehead atoms. The molecule has 35 heavy (non-hydrogen) atoms. The first-order chi connectivity index (χ1) is 17.0. The van der Waals surface area contributed by atoms with Gasteiger partial charge in [0.25, 0.3) is 0 Å². The molecule has 172 valence electrons. The maximum atomic E-state index is 11.8. The normalized spacial score (nSPS) is 11.4. The van der Waals surface area contributed by atoms with Crippen molar-refractivity contribution in [2.24, 2.45) is 0 Å². The van der Waals surface area contributed by atoms with E-state index in [0.29, 0.717) is 0 Å². The van der Waals surface area contributed by atoms with Gasteiger partial charge in [-0.3, -0.25) is 14.9 Å². The molecule has 6 aromatic rings. The third-order valence-corrected chi connectivity index (χ3v) is 7.49. The van der Waals surface area contributed by atoms with Crippen LogP contribution in [0.4, 0.5) is 5.69 Å². The monoisotopic (exact) mass is 477 g/mol. The summed E-state index contributed by atoms with van der Waals surface area (Å²) >= 11 is 1.53. The minimum absolute atomic E-state index is 0.0910. The van der Waals surface area contributed by atoms with Crippen LogP contribution < -0.4 is 4.90 Å². The summed E-state index contributed by atoms with van der Waals surface area (Å²) in [6.45, 7) is 1.61. The van der Waals surface area contributed by atoms with E-state index in [0.717, 1.165) is 65.3 Å². The number of nitrogens with zero attached hydrogens (tertiary/aromatic N) is 3. The number of fused-ring (bicyclic) bond motifs is 2. The number of carbonyl (C=O) groups excluding carboxylic acids is 1. The number of carbonyl (C=O) groups is 1. The molecule has 0 unspecified atom stereocenters. The molecule has 0 aliphatic carbocycles. The molecule has 4 aromatic heterocycles. The van der Waals surface area contributed by atoms with Gasteiger partial charge in [-0.1, -0.05) is 18.2 Å². The van der Waals surface area contributed by atoms with E-state index in [-0.39, 0.29) is 5.78 Å². The second-order valence-corrected chi connectivity index (χ2v) is 9.91. The number of Topliss-reactive ketones (excluding diaryl/α,β-unsaturated/α-hetero) is 1. The van der Waals surface area contributed by atoms with Crippen molar-refractivity contribution in [2.45, 2.75) is 6.92 Å². The lowest BCUT2D eigenvalue weighted by Gasteiger charge is -2.13. The van der Waals surface area contributed by atoms with Crippen LogP contribution in [-0.2, 0) is 0 Å². The standard InChI is InChI=1S/C28H23N5OS/c1-16(34)26-9-10-27(35-26)20-5-4-6-23-21(20)13-25(30-23)28-22-12-17(7-8-24(22)31-32-28)18-11-19(33(2)3)15-29-14-18/h4-15,30H,1-3H3,(H,31,32). The van der Waals surface area contributed by atoms with Crippen LogP contribution in [0.5, 0.6) is 0 Å². The number of hydrogen-bond acceptors (Lipinski definition) is 5. The van der Waals surface area contributed by atoms with Crippen LogP contribution in [0.25, 0.3) is 54.8 Å². The molecule has 0 radical (unpaired) electrons. The molecule has 0 saturated carbocycles. The highest BCUT2D eigenvalue weighted by atomic mass is 32.1. The molecule has 6 nitrogen and oxygen atoms in total. The van der Waals surface area contributed by atoms with Gasteiger partial charge >= 0.3 is 0 Å². The van der Waals surface area contributed by atoms with Gasteiger partial charge in [-0.25, -0.2) is 0 Å². The van der Waals surface area contributed by atoms with Crippen LogP contribution in [-0.4, -0.2) is 40.0 Å². The van der Waals surface area contributed by atoms with Gasteiger partial charge in [0.05, 0.1) is 28.0 Å². The highest BCUT2D eigenvalue weighted by Gasteiger charge is 2.16. The number of H-pyrrole nitrogens is 2. The fourth-order valence-electron chi connectivity index (χ4n) is 4.40. The molecule has 6 rings (SSSR count). The lowest BCUT2D eigenvalue weighted by atomic mass is 10.0. The number of thiophene rings is 1. The highest BCUT2D eigenvalue weighted by Crippen LogP contribution is 2.37. The van der Waals surface area contributed by atoms with E-state index in [2.05, 4.69) is 62.6 Å². The predicted molar refractivity (Wildman–Crippen MR) is 144 cm³/mol. The number of ketones is 1. The lowest BCUT2D eigenvalue weighted by molar-refractivity contribution is 0.102. The molecular weight excluding hydrogens is 454 g/mol. The maximum Gasteiger partial charge on any atom is 0.169 e. The molecule has 7 heteroatoms. The number of pyridine rings is 1. The van der Waals surface area contributed by atoms with Crippen molar-refractivity contribution in [1.29, 1.82) is 0 Å². The van der Waals surface area contributed by atoms with E-state index in [1.807, 2.05) is 49.6 Å². The van der Waals surface area contributed by atoms with Crippen molar-refractivity contribution in [3.05, 3.63) is 77.9 Å². The van der Waals surface area contributed by atoms with Gasteiger partial charge in [-0.2, -0.15) is 5.10 Å². The second-order valence-electron chi connectivity index (χ2n) is 8.83. The molecule has 0 spiro atoms. The van der Waals surface area contributed by atoms with Crippen LogP contribution in [0.2, 0.25) is 0 Å². The summed E-state index contributed by atoms with van der Waals surface area (Å²) in [5.41, 5.74) is 8.13. The van der Waals surface area contributed by atoms with Gasteiger partial charge in [0.15, 0.2) is 5.78 Å². The highest BCUT2D eigenvalue weighted by molar-refractivity contribution is 7.17. The molecule has 0 amide bonds. The van der Waals surface area contributed by atoms with Gasteiger partial charge in [0, 0.05) is 52.6 Å². The van der Waals surface area contributed by atoms with Crippen molar-refractivity contribution in [2.75, 3.05) is 19.0 Å². The Labute approximate surface area is 206 Å². The largest absolute Gasteiger partial charge is 0.376 e. The second kappa shape index (κ2) is 8.21. The fourth-order valence-corrected chi connectivity index (χ4v) is 5.34. The average molecular weight is 478 g/mol. The number of rotatable bonds is 5. The summed E-state index contributed by atoms with van der Waals surface area (Å²) in [5.74, 6) is 0.0910. The van der Waals surface area contributed by atoms with E-state index in [4.69, 9.17) is 0 Å². The Kier molecular flexibility index (Phi) is 5.00. The van der Waals surface area contributed by atoms with E-state index >= 15 is 0 Å². The maximum absolute atomic E-state index is 11.8. The van der Waals surface area contributed by atoms with E-state index < -0.39 is 0 Å². The summed E-state index contributed by atoms with van der Waals surface area (Å²) in [5, 5.41) is 9.97. The summed E-state index contributed by atoms with van der Waals surface area (Å²) in [6.07, 6.45) is 3.75. The van der Waals surface area contributed by atoms with Crippen molar-refractivity contribution in [1.82, 2.24) is 20.2 Å². The zero-order chi connectivity index (χ0) is 24.1. The fraction of sp³-hybridized carbons (Fsp3) is 0.107. The Morgan fingerprint density at radius 2 is 1.80 bits per heavy atom. The summed E-state index contributed by atoms with van der Waals surface area (Å²) in [4.78, 5) is 23.7. The number of aromatic amines is 2. The van der Waals surface area contributed by atoms with E-state index in [1.54, 1.807) is 6.92 Å². The lowest BCUT2D eigenvalue weighted by Crippen LogP contribution is -2.08. The van der Waals surface area contributed by atoms with Crippen molar-refractivity contribution < 1.29 is 4.79 Å².